The maximum atomic E-state index is 12.5. The molecule has 0 unspecified atom stereocenters. The minimum Gasteiger partial charge on any atom is -0.503 e. The summed E-state index contributed by atoms with van der Waals surface area (Å²) < 4.78 is 13.2. The lowest BCUT2D eigenvalue weighted by molar-refractivity contribution is 0.295. The number of fused-ring (bicyclic) bond motifs is 2. The van der Waals surface area contributed by atoms with Gasteiger partial charge >= 0.3 is 0 Å². The Morgan fingerprint density at radius 2 is 1.81 bits per heavy atom. The molecule has 6 heteroatoms. The Hall–Kier alpha value is -3.54. The zero-order valence-electron chi connectivity index (χ0n) is 13.9. The van der Waals surface area contributed by atoms with Crippen LogP contribution in [-0.2, 0) is 13.7 Å². The zero-order valence-corrected chi connectivity index (χ0v) is 13.9. The topological polar surface area (TPSA) is 81.7 Å². The molecule has 2 heterocycles. The molecule has 0 aliphatic rings. The van der Waals surface area contributed by atoms with Gasteiger partial charge in [-0.2, -0.15) is 0 Å². The predicted octanol–water partition coefficient (Wildman–Crippen LogP) is 2.93. The predicted molar refractivity (Wildman–Crippen MR) is 97.7 cm³/mol. The average molecular weight is 349 g/mol. The Morgan fingerprint density at radius 1 is 1.04 bits per heavy atom. The van der Waals surface area contributed by atoms with Crippen molar-refractivity contribution in [3.63, 3.8) is 0 Å². The number of aryl methyl sites for hydroxylation is 1. The van der Waals surface area contributed by atoms with Crippen molar-refractivity contribution in [1.82, 2.24) is 4.57 Å². The van der Waals surface area contributed by atoms with Crippen LogP contribution in [0.3, 0.4) is 0 Å². The van der Waals surface area contributed by atoms with E-state index in [0.717, 1.165) is 0 Å². The van der Waals surface area contributed by atoms with E-state index < -0.39 is 5.43 Å². The van der Waals surface area contributed by atoms with Crippen molar-refractivity contribution in [1.29, 1.82) is 0 Å². The number of pyridine rings is 1. The van der Waals surface area contributed by atoms with Crippen molar-refractivity contribution in [2.24, 2.45) is 7.05 Å². The van der Waals surface area contributed by atoms with Crippen LogP contribution >= 0.6 is 0 Å². The molecule has 4 aromatic rings. The van der Waals surface area contributed by atoms with Crippen LogP contribution < -0.4 is 15.6 Å². The third kappa shape index (κ3) is 2.71. The molecule has 130 valence electrons. The fourth-order valence-corrected chi connectivity index (χ4v) is 2.83. The lowest BCUT2D eigenvalue weighted by atomic mass is 10.1. The maximum Gasteiger partial charge on any atom is 0.223 e. The van der Waals surface area contributed by atoms with Gasteiger partial charge in [0.1, 0.15) is 23.5 Å². The molecule has 0 saturated heterocycles. The molecule has 2 aromatic heterocycles. The third-order valence-electron chi connectivity index (χ3n) is 4.26. The summed E-state index contributed by atoms with van der Waals surface area (Å²) in [6.45, 7) is 0.134. The van der Waals surface area contributed by atoms with Crippen molar-refractivity contribution in [2.45, 2.75) is 6.61 Å². The molecule has 0 spiro atoms. The standard InChI is InChI=1S/C20H15NO5/c1-21-10-17(23)16(22)8-12(21)11-25-13-6-7-15-19(9-13)26-18-5-3-2-4-14(18)20(15)24/h2-10,23H,11H2,1H3. The summed E-state index contributed by atoms with van der Waals surface area (Å²) in [5, 5.41) is 10.4. The fraction of sp³-hybridized carbons (Fsp3) is 0.100. The number of hydrogen-bond donors (Lipinski definition) is 1. The largest absolute Gasteiger partial charge is 0.503 e. The molecule has 0 amide bonds. The molecular weight excluding hydrogens is 334 g/mol. The van der Waals surface area contributed by atoms with Gasteiger partial charge in [0.15, 0.2) is 5.75 Å². The molecule has 0 saturated carbocycles. The van der Waals surface area contributed by atoms with Crippen molar-refractivity contribution < 1.29 is 14.3 Å². The first-order chi connectivity index (χ1) is 12.5. The van der Waals surface area contributed by atoms with Crippen LogP contribution in [0.15, 0.2) is 68.7 Å². The summed E-state index contributed by atoms with van der Waals surface area (Å²) in [4.78, 5) is 24.1. The molecule has 6 nitrogen and oxygen atoms in total. The normalized spacial score (nSPS) is 11.1. The number of para-hydroxylation sites is 1. The molecule has 1 N–H and O–H groups in total. The van der Waals surface area contributed by atoms with Gasteiger partial charge in [-0.15, -0.1) is 0 Å². The summed E-state index contributed by atoms with van der Waals surface area (Å²) >= 11 is 0. The quantitative estimate of drug-likeness (QED) is 0.575. The van der Waals surface area contributed by atoms with Crippen LogP contribution in [0.25, 0.3) is 21.9 Å². The monoisotopic (exact) mass is 349 g/mol. The van der Waals surface area contributed by atoms with E-state index in [4.69, 9.17) is 9.15 Å². The molecule has 0 aliphatic heterocycles. The van der Waals surface area contributed by atoms with Crippen LogP contribution in [0.4, 0.5) is 0 Å². The second kappa shape index (κ2) is 6.07. The average Bonchev–Trinajstić information content (AvgIpc) is 2.63. The number of aromatic nitrogens is 1. The molecular formula is C20H15NO5. The highest BCUT2D eigenvalue weighted by Crippen LogP contribution is 2.23. The maximum absolute atomic E-state index is 12.5. The van der Waals surface area contributed by atoms with Gasteiger partial charge in [0.05, 0.1) is 16.5 Å². The smallest absolute Gasteiger partial charge is 0.223 e. The number of benzene rings is 2. The molecule has 0 bridgehead atoms. The van der Waals surface area contributed by atoms with Gasteiger partial charge in [0.2, 0.25) is 10.9 Å². The molecule has 0 aliphatic carbocycles. The molecule has 4 rings (SSSR count). The second-order valence-electron chi connectivity index (χ2n) is 6.00. The highest BCUT2D eigenvalue weighted by Gasteiger charge is 2.09. The van der Waals surface area contributed by atoms with Crippen LogP contribution in [0.1, 0.15) is 5.69 Å². The van der Waals surface area contributed by atoms with Crippen molar-refractivity contribution >= 4 is 21.9 Å². The Balaban J connectivity index is 1.70. The van der Waals surface area contributed by atoms with Crippen molar-refractivity contribution in [3.8, 4) is 11.5 Å². The van der Waals surface area contributed by atoms with Crippen molar-refractivity contribution in [2.75, 3.05) is 0 Å². The summed E-state index contributed by atoms with van der Waals surface area (Å²) in [5.41, 5.74) is 1.01. The molecule has 0 atom stereocenters. The lowest BCUT2D eigenvalue weighted by Crippen LogP contribution is -2.11. The first-order valence-corrected chi connectivity index (χ1v) is 8.00. The van der Waals surface area contributed by atoms with E-state index in [1.54, 1.807) is 48.0 Å². The Morgan fingerprint density at radius 3 is 2.65 bits per heavy atom. The van der Waals surface area contributed by atoms with Gasteiger partial charge in [-0.05, 0) is 24.3 Å². The lowest BCUT2D eigenvalue weighted by Gasteiger charge is -2.11. The van der Waals surface area contributed by atoms with Gasteiger partial charge in [-0.25, -0.2) is 0 Å². The van der Waals surface area contributed by atoms with Gasteiger partial charge in [0, 0.05) is 25.4 Å². The number of ether oxygens (including phenoxy) is 1. The fourth-order valence-electron chi connectivity index (χ4n) is 2.83. The van der Waals surface area contributed by atoms with E-state index in [9.17, 15) is 14.7 Å². The van der Waals surface area contributed by atoms with Crippen LogP contribution in [0.5, 0.6) is 11.5 Å². The van der Waals surface area contributed by atoms with Gasteiger partial charge in [-0.1, -0.05) is 12.1 Å². The summed E-state index contributed by atoms with van der Waals surface area (Å²) in [5.74, 6) is 0.201. The number of aromatic hydroxyl groups is 1. The molecule has 26 heavy (non-hydrogen) atoms. The SMILES string of the molecule is Cn1cc(O)c(=O)cc1COc1ccc2c(=O)c3ccccc3oc2c1. The minimum absolute atomic E-state index is 0.0886. The van der Waals surface area contributed by atoms with E-state index in [-0.39, 0.29) is 17.8 Å². The van der Waals surface area contributed by atoms with Crippen LogP contribution in [-0.4, -0.2) is 9.67 Å². The number of hydrogen-bond acceptors (Lipinski definition) is 5. The highest BCUT2D eigenvalue weighted by molar-refractivity contribution is 5.90. The zero-order chi connectivity index (χ0) is 18.3. The molecule has 0 fully saturated rings. The second-order valence-corrected chi connectivity index (χ2v) is 6.00. The molecule has 0 radical (unpaired) electrons. The van der Waals surface area contributed by atoms with Crippen LogP contribution in [0.2, 0.25) is 0 Å². The van der Waals surface area contributed by atoms with E-state index in [0.29, 0.717) is 33.4 Å². The Labute approximate surface area is 147 Å². The van der Waals surface area contributed by atoms with E-state index in [2.05, 4.69) is 0 Å². The summed E-state index contributed by atoms with van der Waals surface area (Å²) in [6.07, 6.45) is 1.34. The van der Waals surface area contributed by atoms with E-state index >= 15 is 0 Å². The summed E-state index contributed by atoms with van der Waals surface area (Å²) in [7, 11) is 1.71. The van der Waals surface area contributed by atoms with Crippen LogP contribution in [0, 0.1) is 0 Å². The Kier molecular flexibility index (Phi) is 3.73. The van der Waals surface area contributed by atoms with Gasteiger partial charge < -0.3 is 18.8 Å². The first kappa shape index (κ1) is 16.0. The van der Waals surface area contributed by atoms with E-state index in [1.165, 1.54) is 12.3 Å². The third-order valence-corrected chi connectivity index (χ3v) is 4.26. The van der Waals surface area contributed by atoms with Crippen molar-refractivity contribution in [3.05, 3.63) is 80.9 Å². The highest BCUT2D eigenvalue weighted by atomic mass is 16.5. The summed E-state index contributed by atoms with van der Waals surface area (Å²) in [6, 6.07) is 13.4. The first-order valence-electron chi connectivity index (χ1n) is 8.00. The number of rotatable bonds is 3. The minimum atomic E-state index is -0.460. The molecule has 2 aromatic carbocycles. The van der Waals surface area contributed by atoms with E-state index in [1.807, 2.05) is 6.07 Å². The Bertz CT molecular complexity index is 1250. The van der Waals surface area contributed by atoms with Gasteiger partial charge in [0.25, 0.3) is 0 Å². The number of nitrogens with zero attached hydrogens (tertiary/aromatic N) is 1. The van der Waals surface area contributed by atoms with Gasteiger partial charge in [-0.3, -0.25) is 9.59 Å².